The molecule has 0 amide bonds. The van der Waals surface area contributed by atoms with E-state index in [-0.39, 0.29) is 0 Å². The van der Waals surface area contributed by atoms with Crippen LogP contribution < -0.4 is 4.74 Å². The predicted octanol–water partition coefficient (Wildman–Crippen LogP) is 3.84. The van der Waals surface area contributed by atoms with Crippen molar-refractivity contribution in [2.45, 2.75) is 0 Å². The second kappa shape index (κ2) is 5.99. The molecule has 4 nitrogen and oxygen atoms in total. The first kappa shape index (κ1) is 14.3. The minimum Gasteiger partial charge on any atom is -0.496 e. The molecule has 5 heteroatoms. The van der Waals surface area contributed by atoms with Crippen LogP contribution >= 0.6 is 11.3 Å². The van der Waals surface area contributed by atoms with Crippen molar-refractivity contribution in [3.05, 3.63) is 59.1 Å². The van der Waals surface area contributed by atoms with Gasteiger partial charge in [-0.1, -0.05) is 0 Å². The number of hydrogen-bond donors (Lipinski definition) is 0. The van der Waals surface area contributed by atoms with Crippen LogP contribution in [0.15, 0.2) is 48.7 Å². The zero-order chi connectivity index (χ0) is 15.5. The van der Waals surface area contributed by atoms with Crippen molar-refractivity contribution in [3.63, 3.8) is 0 Å². The van der Waals surface area contributed by atoms with Crippen LogP contribution in [-0.4, -0.2) is 24.2 Å². The van der Waals surface area contributed by atoms with Gasteiger partial charge in [-0.15, -0.1) is 11.3 Å². The van der Waals surface area contributed by atoms with Gasteiger partial charge >= 0.3 is 0 Å². The Bertz CT molecular complexity index is 832. The monoisotopic (exact) mass is 311 g/mol. The number of ether oxygens (including phenoxy) is 1. The van der Waals surface area contributed by atoms with Crippen LogP contribution in [0.1, 0.15) is 20.0 Å². The molecule has 1 aromatic carbocycles. The van der Waals surface area contributed by atoms with E-state index in [0.29, 0.717) is 16.2 Å². The van der Waals surface area contributed by atoms with E-state index in [4.69, 9.17) is 4.74 Å². The van der Waals surface area contributed by atoms with Crippen molar-refractivity contribution in [2.24, 2.45) is 0 Å². The van der Waals surface area contributed by atoms with Gasteiger partial charge in [0.15, 0.2) is 12.6 Å². The smallest absolute Gasteiger partial charge is 0.160 e. The Hall–Kier alpha value is -2.66. The van der Waals surface area contributed by atoms with Gasteiger partial charge in [0.25, 0.3) is 0 Å². The summed E-state index contributed by atoms with van der Waals surface area (Å²) in [6.07, 6.45) is 3.55. The number of carbonyl (C=O) groups is 2. The quantitative estimate of drug-likeness (QED) is 0.673. The highest BCUT2D eigenvalue weighted by Crippen LogP contribution is 2.31. The summed E-state index contributed by atoms with van der Waals surface area (Å²) in [5.41, 5.74) is 2.34. The van der Waals surface area contributed by atoms with Gasteiger partial charge in [0.2, 0.25) is 0 Å². The second-order valence-electron chi connectivity index (χ2n) is 4.63. The fourth-order valence-electron chi connectivity index (χ4n) is 2.32. The average Bonchev–Trinajstić information content (AvgIpc) is 3.22. The van der Waals surface area contributed by atoms with E-state index in [1.165, 1.54) is 18.4 Å². The van der Waals surface area contributed by atoms with Crippen LogP contribution in [0, 0.1) is 0 Å². The number of aldehydes is 2. The van der Waals surface area contributed by atoms with E-state index in [0.717, 1.165) is 28.8 Å². The molecule has 110 valence electrons. The summed E-state index contributed by atoms with van der Waals surface area (Å²) in [7, 11) is 1.54. The first-order valence-electron chi connectivity index (χ1n) is 6.63. The molecule has 3 aromatic rings. The standard InChI is InChI=1S/C17H13NO3S/c1-21-16-6-4-13(9-12(16)10-19)18-8-2-3-15(18)17-7-5-14(11-20)22-17/h2-11H,1H3. The van der Waals surface area contributed by atoms with Crippen LogP contribution in [0.3, 0.4) is 0 Å². The highest BCUT2D eigenvalue weighted by Gasteiger charge is 2.11. The van der Waals surface area contributed by atoms with Gasteiger partial charge in [-0.25, -0.2) is 0 Å². The SMILES string of the molecule is COc1ccc(-n2cccc2-c2ccc(C=O)s2)cc1C=O. The number of hydrogen-bond acceptors (Lipinski definition) is 4. The van der Waals surface area contributed by atoms with E-state index in [9.17, 15) is 9.59 Å². The molecule has 0 saturated heterocycles. The Morgan fingerprint density at radius 2 is 1.95 bits per heavy atom. The molecule has 0 N–H and O–H groups in total. The van der Waals surface area contributed by atoms with Crippen molar-refractivity contribution in [1.82, 2.24) is 4.57 Å². The van der Waals surface area contributed by atoms with Crippen molar-refractivity contribution in [1.29, 1.82) is 0 Å². The third-order valence-electron chi connectivity index (χ3n) is 3.36. The molecule has 3 rings (SSSR count). The third-order valence-corrected chi connectivity index (χ3v) is 4.40. The zero-order valence-corrected chi connectivity index (χ0v) is 12.7. The average molecular weight is 311 g/mol. The number of rotatable bonds is 5. The Kier molecular flexibility index (Phi) is 3.89. The Balaban J connectivity index is 2.08. The third kappa shape index (κ3) is 2.46. The number of aromatic nitrogens is 1. The van der Waals surface area contributed by atoms with Crippen molar-refractivity contribution >= 4 is 23.9 Å². The Morgan fingerprint density at radius 1 is 1.09 bits per heavy atom. The zero-order valence-electron chi connectivity index (χ0n) is 11.9. The molecule has 0 fully saturated rings. The fraction of sp³-hybridized carbons (Fsp3) is 0.0588. The lowest BCUT2D eigenvalue weighted by Gasteiger charge is -2.10. The number of carbonyl (C=O) groups excluding carboxylic acids is 2. The molecular formula is C17H13NO3S. The molecule has 0 atom stereocenters. The molecule has 0 aliphatic carbocycles. The molecule has 2 aromatic heterocycles. The predicted molar refractivity (Wildman–Crippen MR) is 86.4 cm³/mol. The van der Waals surface area contributed by atoms with Crippen LogP contribution in [0.5, 0.6) is 5.75 Å². The Morgan fingerprint density at radius 3 is 2.64 bits per heavy atom. The first-order chi connectivity index (χ1) is 10.8. The number of methoxy groups -OCH3 is 1. The normalized spacial score (nSPS) is 10.4. The molecule has 0 aliphatic rings. The summed E-state index contributed by atoms with van der Waals surface area (Å²) in [4.78, 5) is 23.7. The topological polar surface area (TPSA) is 48.3 Å². The maximum absolute atomic E-state index is 11.2. The van der Waals surface area contributed by atoms with Gasteiger partial charge in [0, 0.05) is 11.9 Å². The number of nitrogens with zero attached hydrogens (tertiary/aromatic N) is 1. The maximum atomic E-state index is 11.2. The lowest BCUT2D eigenvalue weighted by molar-refractivity contribution is 0.111. The minimum atomic E-state index is 0.499. The van der Waals surface area contributed by atoms with Gasteiger partial charge in [-0.2, -0.15) is 0 Å². The van der Waals surface area contributed by atoms with Crippen LogP contribution in [0.4, 0.5) is 0 Å². The van der Waals surface area contributed by atoms with E-state index >= 15 is 0 Å². The molecule has 2 heterocycles. The molecule has 0 unspecified atom stereocenters. The molecular weight excluding hydrogens is 298 g/mol. The first-order valence-corrected chi connectivity index (χ1v) is 7.45. The summed E-state index contributed by atoms with van der Waals surface area (Å²) < 4.78 is 7.14. The highest BCUT2D eigenvalue weighted by atomic mass is 32.1. The van der Waals surface area contributed by atoms with E-state index < -0.39 is 0 Å². The second-order valence-corrected chi connectivity index (χ2v) is 5.74. The highest BCUT2D eigenvalue weighted by molar-refractivity contribution is 7.17. The largest absolute Gasteiger partial charge is 0.496 e. The minimum absolute atomic E-state index is 0.499. The molecule has 0 bridgehead atoms. The summed E-state index contributed by atoms with van der Waals surface area (Å²) in [5, 5.41) is 0. The maximum Gasteiger partial charge on any atom is 0.160 e. The van der Waals surface area contributed by atoms with E-state index in [1.54, 1.807) is 18.2 Å². The fourth-order valence-corrected chi connectivity index (χ4v) is 3.17. The molecule has 22 heavy (non-hydrogen) atoms. The van der Waals surface area contributed by atoms with Crippen molar-refractivity contribution in [3.8, 4) is 22.0 Å². The van der Waals surface area contributed by atoms with E-state index in [1.807, 2.05) is 35.0 Å². The van der Waals surface area contributed by atoms with Crippen LogP contribution in [0.25, 0.3) is 16.3 Å². The summed E-state index contributed by atoms with van der Waals surface area (Å²) in [5.74, 6) is 0.548. The van der Waals surface area contributed by atoms with Gasteiger partial charge in [0.1, 0.15) is 5.75 Å². The Labute approximate surface area is 131 Å². The number of thiophene rings is 1. The van der Waals surface area contributed by atoms with Crippen molar-refractivity contribution in [2.75, 3.05) is 7.11 Å². The molecule has 0 aliphatic heterocycles. The summed E-state index contributed by atoms with van der Waals surface area (Å²) >= 11 is 1.43. The summed E-state index contributed by atoms with van der Waals surface area (Å²) in [6, 6.07) is 13.1. The van der Waals surface area contributed by atoms with Crippen LogP contribution in [-0.2, 0) is 0 Å². The lowest BCUT2D eigenvalue weighted by atomic mass is 10.2. The lowest BCUT2D eigenvalue weighted by Crippen LogP contribution is -1.97. The van der Waals surface area contributed by atoms with E-state index in [2.05, 4.69) is 0 Å². The van der Waals surface area contributed by atoms with Crippen LogP contribution in [0.2, 0.25) is 0 Å². The van der Waals surface area contributed by atoms with Gasteiger partial charge in [-0.3, -0.25) is 9.59 Å². The van der Waals surface area contributed by atoms with Gasteiger partial charge < -0.3 is 9.30 Å². The van der Waals surface area contributed by atoms with Gasteiger partial charge in [0.05, 0.1) is 28.1 Å². The number of benzene rings is 1. The van der Waals surface area contributed by atoms with Gasteiger partial charge in [-0.05, 0) is 42.5 Å². The molecule has 0 radical (unpaired) electrons. The molecule has 0 spiro atoms. The molecule has 0 saturated carbocycles. The summed E-state index contributed by atoms with van der Waals surface area (Å²) in [6.45, 7) is 0. The van der Waals surface area contributed by atoms with Crippen molar-refractivity contribution < 1.29 is 14.3 Å².